The Labute approximate surface area is 209 Å². The molecule has 1 fully saturated rings. The normalized spacial score (nSPS) is 28.8. The van der Waals surface area contributed by atoms with Crippen LogP contribution in [0.4, 0.5) is 0 Å². The maximum Gasteiger partial charge on any atom is 0.318 e. The van der Waals surface area contributed by atoms with Crippen molar-refractivity contribution in [3.8, 4) is 0 Å². The Morgan fingerprint density at radius 3 is 2.03 bits per heavy atom. The van der Waals surface area contributed by atoms with Crippen LogP contribution in [0.5, 0.6) is 0 Å². The Morgan fingerprint density at radius 2 is 1.50 bits per heavy atom. The summed E-state index contributed by atoms with van der Waals surface area (Å²) in [6.07, 6.45) is -1.19. The van der Waals surface area contributed by atoms with E-state index in [1.54, 1.807) is 0 Å². The van der Waals surface area contributed by atoms with Gasteiger partial charge in [0.2, 0.25) is 35.4 Å². The number of aliphatic carboxylic acids is 1. The van der Waals surface area contributed by atoms with Gasteiger partial charge in [0.1, 0.15) is 23.4 Å². The summed E-state index contributed by atoms with van der Waals surface area (Å²) < 4.78 is 0. The highest BCUT2D eigenvalue weighted by Gasteiger charge is 2.35. The van der Waals surface area contributed by atoms with Crippen molar-refractivity contribution in [3.63, 3.8) is 0 Å². The predicted octanol–water partition coefficient (Wildman–Crippen LogP) is -5.39. The Bertz CT molecular complexity index is 887. The van der Waals surface area contributed by atoms with E-state index in [0.717, 1.165) is 0 Å². The summed E-state index contributed by atoms with van der Waals surface area (Å²) in [5.74, 6) is -7.17. The van der Waals surface area contributed by atoms with Gasteiger partial charge in [0.15, 0.2) is 0 Å². The Morgan fingerprint density at radius 1 is 0.917 bits per heavy atom. The molecule has 0 bridgehead atoms. The third kappa shape index (κ3) is 9.67. The molecule has 202 valence electrons. The van der Waals surface area contributed by atoms with Crippen LogP contribution in [-0.2, 0) is 33.6 Å². The number of nitrogens with one attached hydrogen (secondary N) is 4. The second-order valence-corrected chi connectivity index (χ2v) is 9.20. The molecule has 0 aromatic carbocycles. The molecule has 12 N–H and O–H groups in total. The summed E-state index contributed by atoms with van der Waals surface area (Å²) >= 11 is 0.671. The maximum atomic E-state index is 12.9. The van der Waals surface area contributed by atoms with Gasteiger partial charge < -0.3 is 48.7 Å². The molecule has 1 saturated heterocycles. The summed E-state index contributed by atoms with van der Waals surface area (Å²) in [4.78, 5) is 85.1. The number of aliphatic hydroxyl groups is 1. The van der Waals surface area contributed by atoms with E-state index in [1.807, 2.05) is 0 Å². The van der Waals surface area contributed by atoms with E-state index in [0.29, 0.717) is 11.8 Å². The van der Waals surface area contributed by atoms with Gasteiger partial charge in [0.25, 0.3) is 0 Å². The molecule has 6 atom stereocenters. The van der Waals surface area contributed by atoms with Crippen LogP contribution in [0, 0.1) is 0 Å². The third-order valence-electron chi connectivity index (χ3n) is 5.04. The van der Waals surface area contributed by atoms with Crippen LogP contribution in [0.3, 0.4) is 0 Å². The molecule has 1 aliphatic heterocycles. The van der Waals surface area contributed by atoms with Crippen LogP contribution >= 0.6 is 11.8 Å². The number of rotatable bonds is 7. The van der Waals surface area contributed by atoms with Crippen molar-refractivity contribution in [2.45, 2.75) is 61.6 Å². The van der Waals surface area contributed by atoms with Crippen molar-refractivity contribution < 1.29 is 43.8 Å². The summed E-state index contributed by atoms with van der Waals surface area (Å²) in [6.45, 7) is 0.399. The first-order valence-electron chi connectivity index (χ1n) is 10.8. The average Bonchev–Trinajstić information content (AvgIpc) is 2.78. The van der Waals surface area contributed by atoms with Gasteiger partial charge in [-0.3, -0.25) is 33.6 Å². The minimum Gasteiger partial charge on any atom is -0.480 e. The van der Waals surface area contributed by atoms with Gasteiger partial charge in [-0.1, -0.05) is 0 Å². The number of carboxylic acids is 1. The van der Waals surface area contributed by atoms with E-state index in [-0.39, 0.29) is 18.6 Å². The minimum absolute atomic E-state index is 0.219. The van der Waals surface area contributed by atoms with Crippen LogP contribution in [0.15, 0.2) is 0 Å². The summed E-state index contributed by atoms with van der Waals surface area (Å²) in [6, 6.07) is -6.89. The smallest absolute Gasteiger partial charge is 0.318 e. The first-order valence-corrected chi connectivity index (χ1v) is 11.8. The van der Waals surface area contributed by atoms with Crippen molar-refractivity contribution in [2.75, 3.05) is 12.4 Å². The molecule has 0 aliphatic carbocycles. The number of primary amides is 2. The van der Waals surface area contributed by atoms with Crippen molar-refractivity contribution in [3.05, 3.63) is 0 Å². The van der Waals surface area contributed by atoms with Gasteiger partial charge in [0, 0.05) is 12.2 Å². The maximum absolute atomic E-state index is 12.9. The van der Waals surface area contributed by atoms with Crippen molar-refractivity contribution >= 4 is 53.2 Å². The molecule has 6 unspecified atom stereocenters. The lowest BCUT2D eigenvalue weighted by atomic mass is 10.1. The highest BCUT2D eigenvalue weighted by atomic mass is 32.2. The topological polar surface area (TPSA) is 286 Å². The predicted molar refractivity (Wildman–Crippen MR) is 125 cm³/mol. The molecular weight excluding hydrogens is 502 g/mol. The molecule has 0 spiro atoms. The number of carbonyl (C=O) groups excluding carboxylic acids is 6. The number of nitrogens with two attached hydrogens (primary N) is 3. The summed E-state index contributed by atoms with van der Waals surface area (Å²) in [5.41, 5.74) is 16.2. The number of hydrogen-bond donors (Lipinski definition) is 9. The first kappa shape index (κ1) is 30.6. The summed E-state index contributed by atoms with van der Waals surface area (Å²) in [7, 11) is 0. The van der Waals surface area contributed by atoms with Gasteiger partial charge in [0.05, 0.1) is 25.1 Å². The molecule has 0 aromatic heterocycles. The fourth-order valence-electron chi connectivity index (χ4n) is 3.08. The molecule has 6 amide bonds. The highest BCUT2D eigenvalue weighted by Crippen LogP contribution is 2.20. The lowest BCUT2D eigenvalue weighted by molar-refractivity contribution is -0.138. The first-order chi connectivity index (χ1) is 16.8. The zero-order valence-electron chi connectivity index (χ0n) is 19.4. The zero-order chi connectivity index (χ0) is 27.6. The van der Waals surface area contributed by atoms with Gasteiger partial charge >= 0.3 is 5.97 Å². The lowest BCUT2D eigenvalue weighted by Crippen LogP contribution is -2.60. The quantitative estimate of drug-likeness (QED) is 0.149. The number of carbonyl (C=O) groups is 7. The monoisotopic (exact) mass is 533 g/mol. The molecule has 0 radical (unpaired) electrons. The second-order valence-electron chi connectivity index (χ2n) is 8.02. The van der Waals surface area contributed by atoms with Crippen LogP contribution in [0.1, 0.15) is 26.2 Å². The Hall–Kier alpha value is -3.44. The van der Waals surface area contributed by atoms with Crippen LogP contribution in [0.2, 0.25) is 0 Å². The highest BCUT2D eigenvalue weighted by molar-refractivity contribution is 8.00. The van der Waals surface area contributed by atoms with Gasteiger partial charge in [-0.05, 0) is 13.3 Å². The van der Waals surface area contributed by atoms with Crippen LogP contribution in [-0.4, -0.2) is 99.4 Å². The fourth-order valence-corrected chi connectivity index (χ4v) is 4.23. The number of thioether (sulfide) groups is 1. The van der Waals surface area contributed by atoms with E-state index >= 15 is 0 Å². The van der Waals surface area contributed by atoms with E-state index in [4.69, 9.17) is 17.2 Å². The van der Waals surface area contributed by atoms with E-state index in [1.165, 1.54) is 6.92 Å². The SMILES string of the molecule is CC1NC(=O)C(CO)NC(=O)C(N)CSC(C(=O)O)C(CCC(N)=O)NC(=O)C(CC(N)=O)NC1=O. The molecule has 0 saturated carbocycles. The van der Waals surface area contributed by atoms with Gasteiger partial charge in [-0.25, -0.2) is 0 Å². The van der Waals surface area contributed by atoms with Crippen LogP contribution in [0.25, 0.3) is 0 Å². The van der Waals surface area contributed by atoms with Crippen molar-refractivity contribution in [2.24, 2.45) is 17.2 Å². The lowest BCUT2D eigenvalue weighted by Gasteiger charge is -2.29. The van der Waals surface area contributed by atoms with E-state index in [2.05, 4.69) is 21.3 Å². The van der Waals surface area contributed by atoms with E-state index < -0.39 is 89.9 Å². The molecule has 1 aliphatic rings. The largest absolute Gasteiger partial charge is 0.480 e. The summed E-state index contributed by atoms with van der Waals surface area (Å²) in [5, 5.41) is 26.9. The number of carboxylic acid groups (broad SMARTS) is 1. The van der Waals surface area contributed by atoms with E-state index in [9.17, 15) is 43.8 Å². The van der Waals surface area contributed by atoms with Crippen molar-refractivity contribution in [1.29, 1.82) is 0 Å². The number of amides is 6. The number of aliphatic hydroxyl groups excluding tert-OH is 1. The molecule has 17 heteroatoms. The zero-order valence-corrected chi connectivity index (χ0v) is 20.2. The van der Waals surface area contributed by atoms with Crippen LogP contribution < -0.4 is 38.5 Å². The molecule has 16 nitrogen and oxygen atoms in total. The third-order valence-corrected chi connectivity index (χ3v) is 6.48. The molecular formula is C19H31N7O9S. The molecule has 36 heavy (non-hydrogen) atoms. The Balaban J connectivity index is 3.40. The molecule has 1 rings (SSSR count). The Kier molecular flexibility index (Phi) is 12.1. The average molecular weight is 534 g/mol. The minimum atomic E-state index is -1.55. The molecule has 0 aromatic rings. The number of hydrogen-bond acceptors (Lipinski definition) is 10. The standard InChI is InChI=1S/C19H31N7O9S/c1-7-15(30)25-10(4-13(22)29)17(32)24-9(2-3-12(21)28)14(19(34)35)36-6-8(20)16(31)26-11(5-27)18(33)23-7/h7-11,14,27H,2-6,20H2,1H3,(H2,21,28)(H2,22,29)(H,23,33)(H,24,32)(H,25,30)(H,26,31)(H,34,35). The fraction of sp³-hybridized carbons (Fsp3) is 0.632. The molecule has 1 heterocycles. The van der Waals surface area contributed by atoms with Crippen molar-refractivity contribution in [1.82, 2.24) is 21.3 Å². The van der Waals surface area contributed by atoms with Gasteiger partial charge in [-0.2, -0.15) is 0 Å². The van der Waals surface area contributed by atoms with Gasteiger partial charge in [-0.15, -0.1) is 11.8 Å². The second kappa shape index (κ2) is 14.2.